The van der Waals surface area contributed by atoms with Crippen LogP contribution in [0.3, 0.4) is 0 Å². The van der Waals surface area contributed by atoms with Crippen molar-refractivity contribution in [1.82, 2.24) is 0 Å². The van der Waals surface area contributed by atoms with Crippen LogP contribution in [0.2, 0.25) is 0 Å². The standard InChI is InChI=1S/C20H22/c1-4-19(20-8-6-5-7-9-20)15-17(3)14-18-12-10-16(2)11-13-18/h5-15H,4H2,1-3H3. The van der Waals surface area contributed by atoms with Gasteiger partial charge in [0.1, 0.15) is 0 Å². The molecule has 0 saturated heterocycles. The molecule has 0 aliphatic heterocycles. The van der Waals surface area contributed by atoms with Gasteiger partial charge in [0, 0.05) is 0 Å². The molecule has 0 nitrogen and oxygen atoms in total. The third-order valence-corrected chi connectivity index (χ3v) is 3.40. The molecule has 0 radical (unpaired) electrons. The van der Waals surface area contributed by atoms with Crippen LogP contribution in [0.1, 0.15) is 37.0 Å². The molecule has 0 aliphatic rings. The molecule has 0 aromatic heterocycles. The third-order valence-electron chi connectivity index (χ3n) is 3.40. The van der Waals surface area contributed by atoms with Crippen LogP contribution in [-0.2, 0) is 0 Å². The van der Waals surface area contributed by atoms with Crippen molar-refractivity contribution in [3.63, 3.8) is 0 Å². The highest BCUT2D eigenvalue weighted by atomic mass is 14.0. The van der Waals surface area contributed by atoms with Crippen molar-refractivity contribution < 1.29 is 0 Å². The smallest absolute Gasteiger partial charge is 0.0225 e. The topological polar surface area (TPSA) is 0 Å². The number of aryl methyl sites for hydroxylation is 1. The number of allylic oxidation sites excluding steroid dienone is 3. The molecule has 0 unspecified atom stereocenters. The fraction of sp³-hybridized carbons (Fsp3) is 0.200. The van der Waals surface area contributed by atoms with E-state index in [0.29, 0.717) is 0 Å². The lowest BCUT2D eigenvalue weighted by Gasteiger charge is -2.05. The molecule has 0 amide bonds. The minimum absolute atomic E-state index is 1.04. The maximum atomic E-state index is 2.29. The first-order chi connectivity index (χ1) is 9.69. The summed E-state index contributed by atoms with van der Waals surface area (Å²) in [6.45, 7) is 6.49. The van der Waals surface area contributed by atoms with Crippen LogP contribution in [-0.4, -0.2) is 0 Å². The Hall–Kier alpha value is -2.08. The van der Waals surface area contributed by atoms with Crippen LogP contribution >= 0.6 is 0 Å². The van der Waals surface area contributed by atoms with Crippen LogP contribution in [0.15, 0.2) is 66.2 Å². The molecule has 0 spiro atoms. The van der Waals surface area contributed by atoms with Gasteiger partial charge in [-0.1, -0.05) is 84.8 Å². The van der Waals surface area contributed by atoms with Gasteiger partial charge < -0.3 is 0 Å². The monoisotopic (exact) mass is 262 g/mol. The van der Waals surface area contributed by atoms with Crippen LogP contribution in [0.25, 0.3) is 11.6 Å². The molecule has 0 atom stereocenters. The molecule has 0 bridgehead atoms. The van der Waals surface area contributed by atoms with E-state index in [2.05, 4.69) is 87.5 Å². The lowest BCUT2D eigenvalue weighted by molar-refractivity contribution is 1.23. The summed E-state index contributed by atoms with van der Waals surface area (Å²) in [5.41, 5.74) is 6.54. The molecule has 20 heavy (non-hydrogen) atoms. The number of hydrogen-bond acceptors (Lipinski definition) is 0. The van der Waals surface area contributed by atoms with Gasteiger partial charge >= 0.3 is 0 Å². The Morgan fingerprint density at radius 1 is 0.950 bits per heavy atom. The highest BCUT2D eigenvalue weighted by Crippen LogP contribution is 2.20. The van der Waals surface area contributed by atoms with Gasteiger partial charge in [-0.3, -0.25) is 0 Å². The van der Waals surface area contributed by atoms with Crippen molar-refractivity contribution in [3.8, 4) is 0 Å². The summed E-state index contributed by atoms with van der Waals surface area (Å²) in [6.07, 6.45) is 5.57. The van der Waals surface area contributed by atoms with E-state index in [-0.39, 0.29) is 0 Å². The zero-order chi connectivity index (χ0) is 14.4. The summed E-state index contributed by atoms with van der Waals surface area (Å²) in [5, 5.41) is 0. The molecular weight excluding hydrogens is 240 g/mol. The normalized spacial score (nSPS) is 12.6. The Bertz CT molecular complexity index is 598. The summed E-state index contributed by atoms with van der Waals surface area (Å²) in [4.78, 5) is 0. The molecule has 2 aromatic carbocycles. The Kier molecular flexibility index (Phi) is 4.95. The van der Waals surface area contributed by atoms with Gasteiger partial charge in [-0.2, -0.15) is 0 Å². The number of benzene rings is 2. The largest absolute Gasteiger partial charge is 0.0622 e. The predicted molar refractivity (Wildman–Crippen MR) is 89.5 cm³/mol. The van der Waals surface area contributed by atoms with Crippen LogP contribution in [0.5, 0.6) is 0 Å². The van der Waals surface area contributed by atoms with E-state index in [1.165, 1.54) is 27.8 Å². The summed E-state index contributed by atoms with van der Waals surface area (Å²) in [6, 6.07) is 19.2. The lowest BCUT2D eigenvalue weighted by Crippen LogP contribution is -1.83. The van der Waals surface area contributed by atoms with E-state index in [0.717, 1.165) is 6.42 Å². The first kappa shape index (κ1) is 14.3. The Labute approximate surface area is 122 Å². The van der Waals surface area contributed by atoms with E-state index in [4.69, 9.17) is 0 Å². The zero-order valence-electron chi connectivity index (χ0n) is 12.6. The van der Waals surface area contributed by atoms with E-state index < -0.39 is 0 Å². The lowest BCUT2D eigenvalue weighted by atomic mass is 10.0. The van der Waals surface area contributed by atoms with Gasteiger partial charge in [0.05, 0.1) is 0 Å². The summed E-state index contributed by atoms with van der Waals surface area (Å²) in [7, 11) is 0. The molecule has 102 valence electrons. The summed E-state index contributed by atoms with van der Waals surface area (Å²) < 4.78 is 0. The summed E-state index contributed by atoms with van der Waals surface area (Å²) >= 11 is 0. The second-order valence-electron chi connectivity index (χ2n) is 5.19. The van der Waals surface area contributed by atoms with E-state index in [1.807, 2.05) is 0 Å². The maximum absolute atomic E-state index is 2.29. The fourth-order valence-corrected chi connectivity index (χ4v) is 2.28. The van der Waals surface area contributed by atoms with Gasteiger partial charge in [0.25, 0.3) is 0 Å². The van der Waals surface area contributed by atoms with Gasteiger partial charge in [-0.05, 0) is 37.0 Å². The average Bonchev–Trinajstić information content (AvgIpc) is 2.48. The molecule has 0 heteroatoms. The van der Waals surface area contributed by atoms with Gasteiger partial charge in [-0.15, -0.1) is 0 Å². The fourth-order valence-electron chi connectivity index (χ4n) is 2.28. The molecule has 0 aliphatic carbocycles. The maximum Gasteiger partial charge on any atom is -0.0225 e. The molecule has 0 N–H and O–H groups in total. The van der Waals surface area contributed by atoms with Gasteiger partial charge in [0.15, 0.2) is 0 Å². The zero-order valence-corrected chi connectivity index (χ0v) is 12.6. The summed E-state index contributed by atoms with van der Waals surface area (Å²) in [5.74, 6) is 0. The SMILES string of the molecule is CCC(=CC(C)=Cc1ccc(C)cc1)c1ccccc1. The van der Waals surface area contributed by atoms with Crippen molar-refractivity contribution in [3.05, 3.63) is 82.9 Å². The van der Waals surface area contributed by atoms with Crippen LogP contribution in [0, 0.1) is 6.92 Å². The third kappa shape index (κ3) is 3.96. The van der Waals surface area contributed by atoms with Gasteiger partial charge in [0.2, 0.25) is 0 Å². The second-order valence-corrected chi connectivity index (χ2v) is 5.19. The van der Waals surface area contributed by atoms with Crippen LogP contribution in [0.4, 0.5) is 0 Å². The van der Waals surface area contributed by atoms with Crippen molar-refractivity contribution in [2.24, 2.45) is 0 Å². The molecule has 2 rings (SSSR count). The molecule has 2 aromatic rings. The van der Waals surface area contributed by atoms with Crippen LogP contribution < -0.4 is 0 Å². The van der Waals surface area contributed by atoms with Gasteiger partial charge in [-0.25, -0.2) is 0 Å². The average molecular weight is 262 g/mol. The Morgan fingerprint density at radius 2 is 1.60 bits per heavy atom. The van der Waals surface area contributed by atoms with Crippen molar-refractivity contribution in [2.45, 2.75) is 27.2 Å². The molecule has 0 saturated carbocycles. The van der Waals surface area contributed by atoms with Crippen molar-refractivity contribution >= 4 is 11.6 Å². The quantitative estimate of drug-likeness (QED) is 0.602. The second kappa shape index (κ2) is 6.91. The number of rotatable bonds is 4. The number of hydrogen-bond donors (Lipinski definition) is 0. The molecule has 0 fully saturated rings. The van der Waals surface area contributed by atoms with E-state index >= 15 is 0 Å². The molecule has 0 heterocycles. The first-order valence-electron chi connectivity index (χ1n) is 7.20. The minimum Gasteiger partial charge on any atom is -0.0622 e. The highest BCUT2D eigenvalue weighted by Gasteiger charge is 1.98. The van der Waals surface area contributed by atoms with Crippen molar-refractivity contribution in [1.29, 1.82) is 0 Å². The van der Waals surface area contributed by atoms with E-state index in [1.54, 1.807) is 0 Å². The first-order valence-corrected chi connectivity index (χ1v) is 7.20. The minimum atomic E-state index is 1.04. The Balaban J connectivity index is 2.25. The van der Waals surface area contributed by atoms with Crippen molar-refractivity contribution in [2.75, 3.05) is 0 Å². The predicted octanol–water partition coefficient (Wildman–Crippen LogP) is 5.89. The highest BCUT2D eigenvalue weighted by molar-refractivity contribution is 5.70. The Morgan fingerprint density at radius 3 is 2.20 bits per heavy atom. The molecular formula is C20H22. The van der Waals surface area contributed by atoms with E-state index in [9.17, 15) is 0 Å².